The molecule has 0 aliphatic rings. The third-order valence-electron chi connectivity index (χ3n) is 3.22. The predicted octanol–water partition coefficient (Wildman–Crippen LogP) is 0.479. The zero-order chi connectivity index (χ0) is 18.7. The van der Waals surface area contributed by atoms with Crippen LogP contribution in [-0.4, -0.2) is 56.5 Å². The van der Waals surface area contributed by atoms with Crippen molar-refractivity contribution >= 4 is 17.8 Å². The summed E-state index contributed by atoms with van der Waals surface area (Å²) in [6, 6.07) is 6.79. The zero-order valence-corrected chi connectivity index (χ0v) is 14.9. The van der Waals surface area contributed by atoms with Crippen molar-refractivity contribution in [3.63, 3.8) is 0 Å². The number of rotatable bonds is 9. The molecule has 138 valence electrons. The van der Waals surface area contributed by atoms with E-state index in [4.69, 9.17) is 4.74 Å². The van der Waals surface area contributed by atoms with Crippen LogP contribution in [0.5, 0.6) is 5.75 Å². The molecular formula is C17H26N4O4. The molecule has 0 fully saturated rings. The Kier molecular flexibility index (Phi) is 8.84. The van der Waals surface area contributed by atoms with Gasteiger partial charge in [0.15, 0.2) is 6.61 Å². The summed E-state index contributed by atoms with van der Waals surface area (Å²) in [5.74, 6) is 0.331. The second-order valence-electron chi connectivity index (χ2n) is 5.54. The molecule has 0 saturated carbocycles. The molecule has 1 rings (SSSR count). The predicted molar refractivity (Wildman–Crippen MR) is 94.2 cm³/mol. The van der Waals surface area contributed by atoms with Crippen LogP contribution in [0.4, 0.5) is 4.79 Å². The number of nitrogens with one attached hydrogen (secondary N) is 3. The van der Waals surface area contributed by atoms with Crippen molar-refractivity contribution in [1.82, 2.24) is 20.9 Å². The Morgan fingerprint density at radius 1 is 1.12 bits per heavy atom. The summed E-state index contributed by atoms with van der Waals surface area (Å²) in [5, 5.41) is 7.98. The van der Waals surface area contributed by atoms with E-state index in [1.54, 1.807) is 32.3 Å². The molecule has 0 radical (unpaired) electrons. The number of likely N-dealkylation sites (N-methyl/N-ethyl adjacent to an activating group) is 1. The molecule has 0 aliphatic carbocycles. The topological polar surface area (TPSA) is 99.8 Å². The van der Waals surface area contributed by atoms with Gasteiger partial charge < -0.3 is 25.6 Å². The fourth-order valence-corrected chi connectivity index (χ4v) is 1.89. The van der Waals surface area contributed by atoms with Gasteiger partial charge in [-0.25, -0.2) is 4.79 Å². The Morgan fingerprint density at radius 3 is 2.56 bits per heavy atom. The zero-order valence-electron chi connectivity index (χ0n) is 14.9. The number of urea groups is 1. The maximum absolute atomic E-state index is 11.7. The van der Waals surface area contributed by atoms with Crippen molar-refractivity contribution in [2.75, 3.05) is 33.8 Å². The molecule has 8 nitrogen and oxygen atoms in total. The number of carbonyl (C=O) groups excluding carboxylic acids is 3. The van der Waals surface area contributed by atoms with Gasteiger partial charge in [0.25, 0.3) is 5.91 Å². The average molecular weight is 350 g/mol. The summed E-state index contributed by atoms with van der Waals surface area (Å²) in [6.07, 6.45) is 0.254. The van der Waals surface area contributed by atoms with Crippen LogP contribution in [0.25, 0.3) is 0 Å². The summed E-state index contributed by atoms with van der Waals surface area (Å²) in [5.41, 5.74) is 0.841. The summed E-state index contributed by atoms with van der Waals surface area (Å²) >= 11 is 0. The average Bonchev–Trinajstić information content (AvgIpc) is 2.58. The molecule has 0 bridgehead atoms. The Hall–Kier alpha value is -2.77. The molecule has 3 N–H and O–H groups in total. The molecule has 0 saturated heterocycles. The van der Waals surface area contributed by atoms with Crippen molar-refractivity contribution in [3.8, 4) is 5.75 Å². The van der Waals surface area contributed by atoms with E-state index in [9.17, 15) is 14.4 Å². The second-order valence-corrected chi connectivity index (χ2v) is 5.54. The number of carbonyl (C=O) groups is 3. The van der Waals surface area contributed by atoms with Crippen LogP contribution in [-0.2, 0) is 16.1 Å². The summed E-state index contributed by atoms with van der Waals surface area (Å²) in [6.45, 7) is 2.93. The van der Waals surface area contributed by atoms with Crippen molar-refractivity contribution < 1.29 is 19.1 Å². The molecule has 0 aliphatic heterocycles. The largest absolute Gasteiger partial charge is 0.484 e. The van der Waals surface area contributed by atoms with E-state index >= 15 is 0 Å². The van der Waals surface area contributed by atoms with Gasteiger partial charge >= 0.3 is 6.03 Å². The fraction of sp³-hybridized carbons (Fsp3) is 0.471. The van der Waals surface area contributed by atoms with Gasteiger partial charge in [-0.3, -0.25) is 9.59 Å². The lowest BCUT2D eigenvalue weighted by Gasteiger charge is -2.11. The van der Waals surface area contributed by atoms with Gasteiger partial charge in [-0.15, -0.1) is 0 Å². The third kappa shape index (κ3) is 8.59. The fourth-order valence-electron chi connectivity index (χ4n) is 1.89. The van der Waals surface area contributed by atoms with Crippen LogP contribution in [0.1, 0.15) is 18.9 Å². The lowest BCUT2D eigenvalue weighted by Crippen LogP contribution is -2.37. The number of benzene rings is 1. The number of nitrogens with zero attached hydrogens (tertiary/aromatic N) is 1. The van der Waals surface area contributed by atoms with E-state index in [0.717, 1.165) is 5.56 Å². The smallest absolute Gasteiger partial charge is 0.315 e. The van der Waals surface area contributed by atoms with Crippen LogP contribution in [0.3, 0.4) is 0 Å². The normalized spacial score (nSPS) is 9.88. The first-order valence-corrected chi connectivity index (χ1v) is 8.12. The third-order valence-corrected chi connectivity index (χ3v) is 3.22. The van der Waals surface area contributed by atoms with Gasteiger partial charge in [0.1, 0.15) is 5.75 Å². The highest BCUT2D eigenvalue weighted by atomic mass is 16.5. The van der Waals surface area contributed by atoms with Crippen molar-refractivity contribution in [3.05, 3.63) is 29.8 Å². The molecule has 1 aromatic carbocycles. The van der Waals surface area contributed by atoms with E-state index in [0.29, 0.717) is 18.8 Å². The summed E-state index contributed by atoms with van der Waals surface area (Å²) in [4.78, 5) is 36.0. The van der Waals surface area contributed by atoms with Crippen LogP contribution < -0.4 is 20.7 Å². The molecule has 0 heterocycles. The number of hydrogen-bond donors (Lipinski definition) is 3. The highest BCUT2D eigenvalue weighted by molar-refractivity contribution is 5.78. The minimum atomic E-state index is -0.347. The second kappa shape index (κ2) is 10.9. The van der Waals surface area contributed by atoms with Crippen LogP contribution in [0, 0.1) is 0 Å². The van der Waals surface area contributed by atoms with E-state index in [-0.39, 0.29) is 37.4 Å². The minimum absolute atomic E-state index is 0.0442. The summed E-state index contributed by atoms with van der Waals surface area (Å²) < 4.78 is 5.40. The summed E-state index contributed by atoms with van der Waals surface area (Å²) in [7, 11) is 3.34. The van der Waals surface area contributed by atoms with Crippen LogP contribution in [0.15, 0.2) is 24.3 Å². The van der Waals surface area contributed by atoms with E-state index in [1.165, 1.54) is 4.90 Å². The molecule has 8 heteroatoms. The Morgan fingerprint density at radius 2 is 1.88 bits per heavy atom. The van der Waals surface area contributed by atoms with Crippen LogP contribution in [0.2, 0.25) is 0 Å². The van der Waals surface area contributed by atoms with Gasteiger partial charge in [-0.05, 0) is 24.6 Å². The van der Waals surface area contributed by atoms with E-state index in [2.05, 4.69) is 16.0 Å². The van der Waals surface area contributed by atoms with Gasteiger partial charge in [0.05, 0.1) is 0 Å². The van der Waals surface area contributed by atoms with Crippen LogP contribution >= 0.6 is 0 Å². The van der Waals surface area contributed by atoms with Crippen molar-refractivity contribution in [2.24, 2.45) is 0 Å². The van der Waals surface area contributed by atoms with E-state index < -0.39 is 0 Å². The lowest BCUT2D eigenvalue weighted by atomic mass is 10.2. The molecule has 0 unspecified atom stereocenters. The quantitative estimate of drug-likeness (QED) is 0.603. The number of ether oxygens (including phenoxy) is 1. The standard InChI is InChI=1S/C17H26N4O4/c1-4-18-15(22)12-25-14-7-5-6-13(10-14)11-20-17(24)19-9-8-16(23)21(2)3/h5-7,10H,4,8-9,11-12H2,1-3H3,(H,18,22)(H2,19,20,24). The van der Waals surface area contributed by atoms with Gasteiger partial charge in [0.2, 0.25) is 5.91 Å². The highest BCUT2D eigenvalue weighted by Crippen LogP contribution is 2.13. The Bertz CT molecular complexity index is 590. The molecule has 1 aromatic rings. The maximum atomic E-state index is 11.7. The highest BCUT2D eigenvalue weighted by Gasteiger charge is 2.06. The Labute approximate surface area is 147 Å². The first kappa shape index (κ1) is 20.3. The molecule has 0 spiro atoms. The SMILES string of the molecule is CCNC(=O)COc1cccc(CNC(=O)NCCC(=O)N(C)C)c1. The first-order chi connectivity index (χ1) is 11.9. The molecular weight excluding hydrogens is 324 g/mol. The van der Waals surface area contributed by atoms with Gasteiger partial charge in [-0.1, -0.05) is 12.1 Å². The lowest BCUT2D eigenvalue weighted by molar-refractivity contribution is -0.128. The van der Waals surface area contributed by atoms with Crippen molar-refractivity contribution in [1.29, 1.82) is 0 Å². The molecule has 4 amide bonds. The van der Waals surface area contributed by atoms with E-state index in [1.807, 2.05) is 13.0 Å². The maximum Gasteiger partial charge on any atom is 0.315 e. The Balaban J connectivity index is 2.34. The van der Waals surface area contributed by atoms with Crippen molar-refractivity contribution in [2.45, 2.75) is 19.9 Å². The number of amides is 4. The minimum Gasteiger partial charge on any atom is -0.484 e. The molecule has 0 aromatic heterocycles. The monoisotopic (exact) mass is 350 g/mol. The first-order valence-electron chi connectivity index (χ1n) is 8.12. The van der Waals surface area contributed by atoms with Gasteiger partial charge in [0, 0.05) is 40.2 Å². The number of hydrogen-bond acceptors (Lipinski definition) is 4. The van der Waals surface area contributed by atoms with Gasteiger partial charge in [-0.2, -0.15) is 0 Å². The molecule has 25 heavy (non-hydrogen) atoms. The molecule has 0 atom stereocenters.